The number of ether oxygens (including phenoxy) is 1. The first-order valence-electron chi connectivity index (χ1n) is 10.8. The van der Waals surface area contributed by atoms with Crippen molar-refractivity contribution in [2.75, 3.05) is 19.7 Å². The highest BCUT2D eigenvalue weighted by molar-refractivity contribution is 5.65. The summed E-state index contributed by atoms with van der Waals surface area (Å²) in [6.07, 6.45) is -2.89. The summed E-state index contributed by atoms with van der Waals surface area (Å²) >= 11 is 0. The molecule has 0 spiro atoms. The molecule has 174 valence electrons. The highest BCUT2D eigenvalue weighted by Gasteiger charge is 2.34. The number of halogens is 5. The van der Waals surface area contributed by atoms with Gasteiger partial charge in [-0.3, -0.25) is 0 Å². The number of hydrogen-bond acceptors (Lipinski definition) is 2. The van der Waals surface area contributed by atoms with Gasteiger partial charge in [0, 0.05) is 11.5 Å². The lowest BCUT2D eigenvalue weighted by atomic mass is 9.74. The molecule has 33 heavy (non-hydrogen) atoms. The van der Waals surface area contributed by atoms with Crippen LogP contribution in [0, 0.1) is 11.6 Å². The minimum absolute atomic E-state index is 0.0407. The Balaban J connectivity index is 1.59. The lowest BCUT2D eigenvalue weighted by Crippen LogP contribution is -2.43. The van der Waals surface area contributed by atoms with Gasteiger partial charge in [-0.25, -0.2) is 8.78 Å². The Hall–Kier alpha value is -2.77. The Morgan fingerprint density at radius 1 is 0.818 bits per heavy atom. The van der Waals surface area contributed by atoms with Gasteiger partial charge < -0.3 is 10.1 Å². The van der Waals surface area contributed by atoms with E-state index in [0.717, 1.165) is 55.8 Å². The molecule has 0 aliphatic carbocycles. The number of rotatable bonds is 6. The zero-order valence-corrected chi connectivity index (χ0v) is 17.9. The van der Waals surface area contributed by atoms with Crippen LogP contribution in [-0.2, 0) is 22.9 Å². The van der Waals surface area contributed by atoms with Crippen molar-refractivity contribution in [1.29, 1.82) is 0 Å². The predicted molar refractivity (Wildman–Crippen MR) is 117 cm³/mol. The molecular formula is C26H24F5NO. The van der Waals surface area contributed by atoms with Gasteiger partial charge in [0.2, 0.25) is 0 Å². The minimum Gasteiger partial charge on any atom is -0.376 e. The number of benzene rings is 3. The number of alkyl halides is 3. The van der Waals surface area contributed by atoms with E-state index in [0.29, 0.717) is 18.2 Å². The second-order valence-corrected chi connectivity index (χ2v) is 8.46. The maximum absolute atomic E-state index is 13.7. The van der Waals surface area contributed by atoms with Crippen LogP contribution >= 0.6 is 0 Å². The Bertz CT molecular complexity index is 1070. The van der Waals surface area contributed by atoms with Crippen LogP contribution in [0.4, 0.5) is 22.0 Å². The molecule has 0 aromatic heterocycles. The van der Waals surface area contributed by atoms with Gasteiger partial charge in [0.15, 0.2) is 0 Å². The second-order valence-electron chi connectivity index (χ2n) is 8.46. The lowest BCUT2D eigenvalue weighted by molar-refractivity contribution is -0.137. The van der Waals surface area contributed by atoms with Crippen LogP contribution in [0.3, 0.4) is 0 Å². The molecule has 0 saturated carbocycles. The first-order valence-corrected chi connectivity index (χ1v) is 10.8. The summed E-state index contributed by atoms with van der Waals surface area (Å²) in [5, 5.41) is 3.33. The largest absolute Gasteiger partial charge is 0.416 e. The molecule has 3 aromatic rings. The van der Waals surface area contributed by atoms with Crippen LogP contribution in [-0.4, -0.2) is 19.7 Å². The van der Waals surface area contributed by atoms with Crippen LogP contribution in [0.2, 0.25) is 0 Å². The van der Waals surface area contributed by atoms with Crippen LogP contribution in [0.15, 0.2) is 66.7 Å². The van der Waals surface area contributed by atoms with Crippen molar-refractivity contribution in [3.05, 3.63) is 95.1 Å². The fourth-order valence-electron chi connectivity index (χ4n) is 4.40. The molecule has 0 bridgehead atoms. The first-order chi connectivity index (χ1) is 15.7. The Morgan fingerprint density at radius 2 is 1.45 bits per heavy atom. The molecule has 1 aliphatic rings. The second kappa shape index (κ2) is 9.61. The van der Waals surface area contributed by atoms with Crippen molar-refractivity contribution in [1.82, 2.24) is 5.32 Å². The van der Waals surface area contributed by atoms with Gasteiger partial charge in [-0.2, -0.15) is 13.2 Å². The van der Waals surface area contributed by atoms with Crippen molar-refractivity contribution >= 4 is 0 Å². The summed E-state index contributed by atoms with van der Waals surface area (Å²) in [7, 11) is 0. The molecule has 0 radical (unpaired) electrons. The Labute approximate surface area is 189 Å². The third kappa shape index (κ3) is 5.60. The van der Waals surface area contributed by atoms with Crippen LogP contribution in [0.1, 0.15) is 29.5 Å². The van der Waals surface area contributed by atoms with Crippen molar-refractivity contribution in [3.8, 4) is 11.1 Å². The van der Waals surface area contributed by atoms with Crippen molar-refractivity contribution in [3.63, 3.8) is 0 Å². The zero-order valence-electron chi connectivity index (χ0n) is 17.9. The van der Waals surface area contributed by atoms with Gasteiger partial charge in [-0.05, 0) is 78.5 Å². The number of nitrogens with one attached hydrogen (secondary N) is 1. The number of hydrogen-bond donors (Lipinski definition) is 1. The van der Waals surface area contributed by atoms with Crippen molar-refractivity contribution < 1.29 is 26.7 Å². The molecule has 0 amide bonds. The van der Waals surface area contributed by atoms with E-state index in [1.807, 2.05) is 18.2 Å². The molecular weight excluding hydrogens is 437 g/mol. The summed E-state index contributed by atoms with van der Waals surface area (Å²) in [6.45, 7) is 1.98. The number of piperidine rings is 1. The van der Waals surface area contributed by atoms with Gasteiger partial charge >= 0.3 is 6.18 Å². The smallest absolute Gasteiger partial charge is 0.376 e. The van der Waals surface area contributed by atoms with Crippen LogP contribution in [0.25, 0.3) is 11.1 Å². The zero-order chi connectivity index (χ0) is 23.5. The molecule has 1 aliphatic heterocycles. The topological polar surface area (TPSA) is 21.3 Å². The maximum atomic E-state index is 13.7. The highest BCUT2D eigenvalue weighted by atomic mass is 19.4. The highest BCUT2D eigenvalue weighted by Crippen LogP contribution is 2.36. The van der Waals surface area contributed by atoms with E-state index in [2.05, 4.69) is 17.4 Å². The summed E-state index contributed by atoms with van der Waals surface area (Å²) in [4.78, 5) is 0. The Kier molecular flexibility index (Phi) is 6.81. The summed E-state index contributed by atoms with van der Waals surface area (Å²) < 4.78 is 73.9. The average molecular weight is 461 g/mol. The molecule has 0 unspecified atom stereocenters. The fourth-order valence-corrected chi connectivity index (χ4v) is 4.40. The van der Waals surface area contributed by atoms with Crippen molar-refractivity contribution in [2.24, 2.45) is 0 Å². The van der Waals surface area contributed by atoms with E-state index in [4.69, 9.17) is 4.74 Å². The standard InChI is InChI=1S/C26H24F5NO/c27-23-13-20(14-24(28)15-23)19-10-18(11-22(12-19)26(29,30)31)16-33-17-25(6-8-32-9-7-25)21-4-2-1-3-5-21/h1-5,10-15,32H,6-9,16-17H2. The van der Waals surface area contributed by atoms with E-state index in [-0.39, 0.29) is 23.1 Å². The molecule has 3 aromatic carbocycles. The quantitative estimate of drug-likeness (QED) is 0.424. The molecule has 0 atom stereocenters. The van der Waals surface area contributed by atoms with E-state index >= 15 is 0 Å². The maximum Gasteiger partial charge on any atom is 0.416 e. The molecule has 1 heterocycles. The summed E-state index contributed by atoms with van der Waals surface area (Å²) in [6, 6.07) is 16.1. The van der Waals surface area contributed by atoms with Crippen LogP contribution < -0.4 is 5.32 Å². The minimum atomic E-state index is -4.60. The van der Waals surface area contributed by atoms with E-state index in [1.165, 1.54) is 6.07 Å². The molecule has 1 saturated heterocycles. The van der Waals surface area contributed by atoms with Crippen molar-refractivity contribution in [2.45, 2.75) is 31.0 Å². The third-order valence-corrected chi connectivity index (χ3v) is 6.11. The predicted octanol–water partition coefficient (Wildman–Crippen LogP) is 6.49. The molecule has 4 rings (SSSR count). The van der Waals surface area contributed by atoms with Gasteiger partial charge in [0.25, 0.3) is 0 Å². The van der Waals surface area contributed by atoms with Gasteiger partial charge in [0.05, 0.1) is 18.8 Å². The van der Waals surface area contributed by atoms with E-state index in [1.54, 1.807) is 0 Å². The molecule has 2 nitrogen and oxygen atoms in total. The molecule has 1 N–H and O–H groups in total. The van der Waals surface area contributed by atoms with E-state index in [9.17, 15) is 22.0 Å². The van der Waals surface area contributed by atoms with E-state index < -0.39 is 23.4 Å². The van der Waals surface area contributed by atoms with Crippen LogP contribution in [0.5, 0.6) is 0 Å². The van der Waals surface area contributed by atoms with Gasteiger partial charge in [-0.15, -0.1) is 0 Å². The SMILES string of the molecule is Fc1cc(F)cc(-c2cc(COCC3(c4ccccc4)CCNCC3)cc(C(F)(F)F)c2)c1. The summed E-state index contributed by atoms with van der Waals surface area (Å²) in [5.74, 6) is -1.70. The lowest BCUT2D eigenvalue weighted by Gasteiger charge is -2.38. The molecule has 7 heteroatoms. The Morgan fingerprint density at radius 3 is 2.09 bits per heavy atom. The molecule has 1 fully saturated rings. The van der Waals surface area contributed by atoms with Gasteiger partial charge in [-0.1, -0.05) is 30.3 Å². The van der Waals surface area contributed by atoms with Gasteiger partial charge in [0.1, 0.15) is 11.6 Å². The average Bonchev–Trinajstić information content (AvgIpc) is 2.79. The third-order valence-electron chi connectivity index (χ3n) is 6.11. The normalized spacial score (nSPS) is 16.0. The monoisotopic (exact) mass is 461 g/mol. The summed E-state index contributed by atoms with van der Waals surface area (Å²) in [5.41, 5.74) is 0.458. The first kappa shape index (κ1) is 23.4. The fraction of sp³-hybridized carbons (Fsp3) is 0.308.